The van der Waals surface area contributed by atoms with Crippen molar-refractivity contribution in [2.75, 3.05) is 13.1 Å². The highest BCUT2D eigenvalue weighted by molar-refractivity contribution is 7.89. The van der Waals surface area contributed by atoms with Gasteiger partial charge in [-0.2, -0.15) is 4.31 Å². The zero-order chi connectivity index (χ0) is 17.2. The maximum absolute atomic E-state index is 12.8. The number of nitrogens with zero attached hydrogens (tertiary/aromatic N) is 1. The first-order valence-corrected chi connectivity index (χ1v) is 10.3. The van der Waals surface area contributed by atoms with E-state index in [2.05, 4.69) is 5.32 Å². The maximum atomic E-state index is 12.8. The van der Waals surface area contributed by atoms with Gasteiger partial charge in [0.25, 0.3) is 5.91 Å². The SMILES string of the molecule is CCCNC(=O)c1cc(S(=O)(=O)N2CCc3ccccc3C2)cs1. The monoisotopic (exact) mass is 364 g/mol. The van der Waals surface area contributed by atoms with Crippen molar-refractivity contribution in [2.24, 2.45) is 0 Å². The molecule has 2 aromatic rings. The van der Waals surface area contributed by atoms with Gasteiger partial charge in [0.15, 0.2) is 0 Å². The lowest BCUT2D eigenvalue weighted by Crippen LogP contribution is -2.35. The lowest BCUT2D eigenvalue weighted by molar-refractivity contribution is 0.0957. The summed E-state index contributed by atoms with van der Waals surface area (Å²) < 4.78 is 27.2. The number of rotatable bonds is 5. The van der Waals surface area contributed by atoms with E-state index in [0.29, 0.717) is 30.9 Å². The fourth-order valence-electron chi connectivity index (χ4n) is 2.72. The Hall–Kier alpha value is -1.70. The van der Waals surface area contributed by atoms with Crippen LogP contribution < -0.4 is 5.32 Å². The third-order valence-electron chi connectivity index (χ3n) is 4.07. The van der Waals surface area contributed by atoms with Crippen molar-refractivity contribution in [1.29, 1.82) is 0 Å². The minimum Gasteiger partial charge on any atom is -0.351 e. The summed E-state index contributed by atoms with van der Waals surface area (Å²) in [5, 5.41) is 4.32. The molecule has 0 aliphatic carbocycles. The lowest BCUT2D eigenvalue weighted by atomic mass is 10.0. The van der Waals surface area contributed by atoms with Crippen molar-refractivity contribution < 1.29 is 13.2 Å². The first-order valence-electron chi connectivity index (χ1n) is 7.96. The van der Waals surface area contributed by atoms with Gasteiger partial charge in [-0.15, -0.1) is 11.3 Å². The fraction of sp³-hybridized carbons (Fsp3) is 0.353. The van der Waals surface area contributed by atoms with Gasteiger partial charge in [0.2, 0.25) is 10.0 Å². The first-order chi connectivity index (χ1) is 11.5. The molecular formula is C17H20N2O3S2. The smallest absolute Gasteiger partial charge is 0.261 e. The number of benzene rings is 1. The molecule has 0 saturated carbocycles. The van der Waals surface area contributed by atoms with E-state index < -0.39 is 10.0 Å². The molecule has 0 saturated heterocycles. The molecular weight excluding hydrogens is 344 g/mol. The Labute approximate surface area is 146 Å². The average molecular weight is 364 g/mol. The van der Waals surface area contributed by atoms with Gasteiger partial charge in [-0.25, -0.2) is 8.42 Å². The summed E-state index contributed by atoms with van der Waals surface area (Å²) in [4.78, 5) is 12.6. The molecule has 0 atom stereocenters. The van der Waals surface area contributed by atoms with E-state index in [4.69, 9.17) is 0 Å². The van der Waals surface area contributed by atoms with Crippen LogP contribution in [0.3, 0.4) is 0 Å². The van der Waals surface area contributed by atoms with Crippen molar-refractivity contribution in [1.82, 2.24) is 9.62 Å². The van der Waals surface area contributed by atoms with Crippen molar-refractivity contribution in [3.63, 3.8) is 0 Å². The molecule has 1 aromatic heterocycles. The van der Waals surface area contributed by atoms with Crippen molar-refractivity contribution in [2.45, 2.75) is 31.2 Å². The molecule has 0 fully saturated rings. The highest BCUT2D eigenvalue weighted by atomic mass is 32.2. The van der Waals surface area contributed by atoms with E-state index in [9.17, 15) is 13.2 Å². The van der Waals surface area contributed by atoms with E-state index in [1.165, 1.54) is 27.3 Å². The minimum atomic E-state index is -3.57. The van der Waals surface area contributed by atoms with Gasteiger partial charge >= 0.3 is 0 Å². The zero-order valence-corrected chi connectivity index (χ0v) is 15.1. The van der Waals surface area contributed by atoms with Crippen LogP contribution in [0.15, 0.2) is 40.6 Å². The highest BCUT2D eigenvalue weighted by Crippen LogP contribution is 2.27. The fourth-order valence-corrected chi connectivity index (χ4v) is 5.32. The summed E-state index contributed by atoms with van der Waals surface area (Å²) >= 11 is 1.17. The van der Waals surface area contributed by atoms with Crippen molar-refractivity contribution >= 4 is 27.3 Å². The molecule has 0 spiro atoms. The van der Waals surface area contributed by atoms with Crippen LogP contribution in [0.1, 0.15) is 34.1 Å². The third kappa shape index (κ3) is 3.38. The number of thiophene rings is 1. The maximum Gasteiger partial charge on any atom is 0.261 e. The predicted molar refractivity (Wildman–Crippen MR) is 94.7 cm³/mol. The van der Waals surface area contributed by atoms with Gasteiger partial charge < -0.3 is 5.32 Å². The molecule has 128 valence electrons. The van der Waals surface area contributed by atoms with Crippen LogP contribution in [0.25, 0.3) is 0 Å². The molecule has 7 heteroatoms. The quantitative estimate of drug-likeness (QED) is 0.887. The molecule has 0 radical (unpaired) electrons. The molecule has 0 unspecified atom stereocenters. The average Bonchev–Trinajstić information content (AvgIpc) is 3.10. The molecule has 3 rings (SSSR count). The third-order valence-corrected chi connectivity index (χ3v) is 6.97. The number of nitrogens with one attached hydrogen (secondary N) is 1. The second-order valence-corrected chi connectivity index (χ2v) is 8.61. The van der Waals surface area contributed by atoms with E-state index >= 15 is 0 Å². The summed E-state index contributed by atoms with van der Waals surface area (Å²) in [6.45, 7) is 3.40. The number of carbonyl (C=O) groups is 1. The predicted octanol–water partition coefficient (Wildman–Crippen LogP) is 2.63. The number of carbonyl (C=O) groups excluding carboxylic acids is 1. The van der Waals surface area contributed by atoms with Crippen LogP contribution in [-0.4, -0.2) is 31.7 Å². The van der Waals surface area contributed by atoms with E-state index in [-0.39, 0.29) is 10.8 Å². The van der Waals surface area contributed by atoms with Gasteiger partial charge in [-0.05, 0) is 30.0 Å². The van der Waals surface area contributed by atoms with Crippen LogP contribution in [0.4, 0.5) is 0 Å². The second-order valence-electron chi connectivity index (χ2n) is 5.76. The standard InChI is InChI=1S/C17H20N2O3S2/c1-2-8-18-17(20)16-10-15(12-23-16)24(21,22)19-9-7-13-5-3-4-6-14(13)11-19/h3-6,10,12H,2,7-9,11H2,1H3,(H,18,20). The van der Waals surface area contributed by atoms with Gasteiger partial charge in [-0.3, -0.25) is 4.79 Å². The van der Waals surface area contributed by atoms with Gasteiger partial charge in [0.05, 0.1) is 9.77 Å². The Morgan fingerprint density at radius 1 is 1.29 bits per heavy atom. The number of fused-ring (bicyclic) bond motifs is 1. The number of hydrogen-bond donors (Lipinski definition) is 1. The summed E-state index contributed by atoms with van der Waals surface area (Å²) in [6.07, 6.45) is 1.55. The van der Waals surface area contributed by atoms with Crippen LogP contribution in [0, 0.1) is 0 Å². The van der Waals surface area contributed by atoms with Crippen LogP contribution in [-0.2, 0) is 23.0 Å². The van der Waals surface area contributed by atoms with E-state index in [1.54, 1.807) is 5.38 Å². The lowest BCUT2D eigenvalue weighted by Gasteiger charge is -2.27. The molecule has 24 heavy (non-hydrogen) atoms. The molecule has 5 nitrogen and oxygen atoms in total. The summed E-state index contributed by atoms with van der Waals surface area (Å²) in [6, 6.07) is 9.39. The van der Waals surface area contributed by atoms with Gasteiger partial charge in [0.1, 0.15) is 0 Å². The number of hydrogen-bond acceptors (Lipinski definition) is 4. The normalized spacial score (nSPS) is 15.0. The molecule has 2 heterocycles. The minimum absolute atomic E-state index is 0.202. The number of sulfonamides is 1. The van der Waals surface area contributed by atoms with Gasteiger partial charge in [-0.1, -0.05) is 31.2 Å². The van der Waals surface area contributed by atoms with Crippen LogP contribution in [0.2, 0.25) is 0 Å². The Balaban J connectivity index is 1.79. The molecule has 0 bridgehead atoms. The van der Waals surface area contributed by atoms with Gasteiger partial charge in [0, 0.05) is 25.0 Å². The highest BCUT2D eigenvalue weighted by Gasteiger charge is 2.29. The van der Waals surface area contributed by atoms with Crippen molar-refractivity contribution in [3.05, 3.63) is 51.7 Å². The molecule has 1 aliphatic rings. The summed E-state index contributed by atoms with van der Waals surface area (Å²) in [5.74, 6) is -0.215. The van der Waals surface area contributed by atoms with Crippen LogP contribution in [0.5, 0.6) is 0 Å². The molecule has 1 amide bonds. The Kier molecular flexibility index (Phi) is 5.03. The van der Waals surface area contributed by atoms with E-state index in [0.717, 1.165) is 12.0 Å². The van der Waals surface area contributed by atoms with E-state index in [1.807, 2.05) is 31.2 Å². The summed E-state index contributed by atoms with van der Waals surface area (Å²) in [7, 11) is -3.57. The van der Waals surface area contributed by atoms with Crippen molar-refractivity contribution in [3.8, 4) is 0 Å². The Morgan fingerprint density at radius 2 is 2.04 bits per heavy atom. The second kappa shape index (κ2) is 7.04. The molecule has 1 aliphatic heterocycles. The van der Waals surface area contributed by atoms with Crippen LogP contribution >= 0.6 is 11.3 Å². The largest absolute Gasteiger partial charge is 0.351 e. The Morgan fingerprint density at radius 3 is 2.79 bits per heavy atom. The summed E-state index contributed by atoms with van der Waals surface area (Å²) in [5.41, 5.74) is 2.25. The first kappa shape index (κ1) is 17.1. The number of amides is 1. The molecule has 1 aromatic carbocycles. The zero-order valence-electron chi connectivity index (χ0n) is 13.5. The molecule has 1 N–H and O–H groups in total. The Bertz CT molecular complexity index is 843. The topological polar surface area (TPSA) is 66.5 Å².